The summed E-state index contributed by atoms with van der Waals surface area (Å²) >= 11 is 0. The standard InChI is InChI=1S/C18H28N2O4/c21-17(22)15-11-19(13-7-3-1-4-8-13)12-20(16(15)18(23)24)14-9-5-2-6-10-14/h13-14H,1-12H2,(H,21,22)(H,23,24). The van der Waals surface area contributed by atoms with Crippen molar-refractivity contribution in [1.82, 2.24) is 9.80 Å². The molecule has 0 amide bonds. The topological polar surface area (TPSA) is 81.1 Å². The average molecular weight is 336 g/mol. The number of hydrogen-bond acceptors (Lipinski definition) is 4. The molecule has 2 saturated carbocycles. The summed E-state index contributed by atoms with van der Waals surface area (Å²) in [5.74, 6) is -2.19. The first-order valence-electron chi connectivity index (χ1n) is 9.28. The lowest BCUT2D eigenvalue weighted by molar-refractivity contribution is -0.139. The first-order valence-corrected chi connectivity index (χ1v) is 9.28. The summed E-state index contributed by atoms with van der Waals surface area (Å²) in [5, 5.41) is 19.3. The summed E-state index contributed by atoms with van der Waals surface area (Å²) in [6.07, 6.45) is 11.1. The van der Waals surface area contributed by atoms with Gasteiger partial charge in [0.05, 0.1) is 12.2 Å². The van der Waals surface area contributed by atoms with Gasteiger partial charge in [0, 0.05) is 18.6 Å². The zero-order chi connectivity index (χ0) is 17.1. The third kappa shape index (κ3) is 3.58. The third-order valence-electron chi connectivity index (χ3n) is 5.84. The van der Waals surface area contributed by atoms with E-state index in [1.165, 1.54) is 25.7 Å². The Balaban J connectivity index is 1.90. The van der Waals surface area contributed by atoms with Crippen molar-refractivity contribution < 1.29 is 19.8 Å². The Labute approximate surface area is 143 Å². The first-order chi connectivity index (χ1) is 11.6. The first kappa shape index (κ1) is 17.3. The van der Waals surface area contributed by atoms with Gasteiger partial charge in [0.2, 0.25) is 0 Å². The van der Waals surface area contributed by atoms with Crippen LogP contribution in [-0.2, 0) is 9.59 Å². The van der Waals surface area contributed by atoms with E-state index in [-0.39, 0.29) is 23.9 Å². The molecule has 134 valence electrons. The zero-order valence-electron chi connectivity index (χ0n) is 14.2. The Morgan fingerprint density at radius 1 is 0.792 bits per heavy atom. The minimum absolute atomic E-state index is 0.0291. The summed E-state index contributed by atoms with van der Waals surface area (Å²) in [6, 6.07) is 0.542. The third-order valence-corrected chi connectivity index (χ3v) is 5.84. The van der Waals surface area contributed by atoms with E-state index in [2.05, 4.69) is 4.90 Å². The molecular formula is C18H28N2O4. The second-order valence-corrected chi connectivity index (χ2v) is 7.38. The van der Waals surface area contributed by atoms with Crippen LogP contribution in [0.25, 0.3) is 0 Å². The van der Waals surface area contributed by atoms with Crippen molar-refractivity contribution in [3.63, 3.8) is 0 Å². The van der Waals surface area contributed by atoms with Gasteiger partial charge in [0.15, 0.2) is 0 Å². The summed E-state index contributed by atoms with van der Waals surface area (Å²) in [7, 11) is 0. The van der Waals surface area contributed by atoms with E-state index in [1.54, 1.807) is 0 Å². The number of hydrogen-bond donors (Lipinski definition) is 2. The SMILES string of the molecule is O=C(O)C1=C(C(=O)O)N(C2CCCCC2)CN(C2CCCCC2)C1. The molecule has 24 heavy (non-hydrogen) atoms. The van der Waals surface area contributed by atoms with Gasteiger partial charge in [-0.05, 0) is 25.7 Å². The molecule has 1 heterocycles. The van der Waals surface area contributed by atoms with Gasteiger partial charge in [-0.2, -0.15) is 0 Å². The van der Waals surface area contributed by atoms with Crippen LogP contribution in [0, 0.1) is 0 Å². The zero-order valence-corrected chi connectivity index (χ0v) is 14.2. The van der Waals surface area contributed by atoms with Crippen molar-refractivity contribution in [2.75, 3.05) is 13.2 Å². The minimum Gasteiger partial charge on any atom is -0.478 e. The number of carbonyl (C=O) groups is 2. The maximum Gasteiger partial charge on any atom is 0.352 e. The Morgan fingerprint density at radius 3 is 1.83 bits per heavy atom. The highest BCUT2D eigenvalue weighted by atomic mass is 16.4. The van der Waals surface area contributed by atoms with Gasteiger partial charge in [-0.15, -0.1) is 0 Å². The molecule has 3 aliphatic rings. The number of nitrogens with zero attached hydrogens (tertiary/aromatic N) is 2. The predicted octanol–water partition coefficient (Wildman–Crippen LogP) is 2.65. The van der Waals surface area contributed by atoms with Crippen molar-refractivity contribution in [2.24, 2.45) is 0 Å². The summed E-state index contributed by atoms with van der Waals surface area (Å²) < 4.78 is 0. The van der Waals surface area contributed by atoms with Gasteiger partial charge >= 0.3 is 11.9 Å². The predicted molar refractivity (Wildman–Crippen MR) is 89.5 cm³/mol. The van der Waals surface area contributed by atoms with Crippen LogP contribution in [0.3, 0.4) is 0 Å². The van der Waals surface area contributed by atoms with Crippen molar-refractivity contribution >= 4 is 11.9 Å². The molecule has 3 rings (SSSR count). The van der Waals surface area contributed by atoms with E-state index in [9.17, 15) is 19.8 Å². The molecule has 0 radical (unpaired) electrons. The molecule has 2 N–H and O–H groups in total. The van der Waals surface area contributed by atoms with Crippen molar-refractivity contribution in [2.45, 2.75) is 76.3 Å². The second-order valence-electron chi connectivity index (χ2n) is 7.38. The van der Waals surface area contributed by atoms with Gasteiger partial charge in [0.1, 0.15) is 5.70 Å². The molecule has 6 nitrogen and oxygen atoms in total. The number of carboxylic acid groups (broad SMARTS) is 2. The van der Waals surface area contributed by atoms with Gasteiger partial charge in [-0.3, -0.25) is 4.90 Å². The lowest BCUT2D eigenvalue weighted by Crippen LogP contribution is -2.54. The molecule has 0 atom stereocenters. The summed E-state index contributed by atoms with van der Waals surface area (Å²) in [6.45, 7) is 0.818. The summed E-state index contributed by atoms with van der Waals surface area (Å²) in [5.41, 5.74) is 0.0892. The largest absolute Gasteiger partial charge is 0.478 e. The molecule has 2 aliphatic carbocycles. The van der Waals surface area contributed by atoms with Crippen LogP contribution in [-0.4, -0.2) is 57.2 Å². The average Bonchev–Trinajstić information content (AvgIpc) is 2.62. The van der Waals surface area contributed by atoms with Crippen LogP contribution >= 0.6 is 0 Å². The Morgan fingerprint density at radius 2 is 1.33 bits per heavy atom. The van der Waals surface area contributed by atoms with Crippen LogP contribution in [0.15, 0.2) is 11.3 Å². The molecule has 0 aromatic heterocycles. The van der Waals surface area contributed by atoms with E-state index in [4.69, 9.17) is 0 Å². The van der Waals surface area contributed by atoms with E-state index in [1.807, 2.05) is 4.90 Å². The number of rotatable bonds is 4. The second kappa shape index (κ2) is 7.55. The molecule has 0 saturated heterocycles. The fraction of sp³-hybridized carbons (Fsp3) is 0.778. The van der Waals surface area contributed by atoms with Crippen LogP contribution in [0.1, 0.15) is 64.2 Å². The maximum absolute atomic E-state index is 11.8. The normalized spacial score (nSPS) is 25.1. The van der Waals surface area contributed by atoms with Crippen LogP contribution in [0.4, 0.5) is 0 Å². The molecule has 0 unspecified atom stereocenters. The molecule has 1 aliphatic heterocycles. The van der Waals surface area contributed by atoms with Crippen LogP contribution in [0.5, 0.6) is 0 Å². The van der Waals surface area contributed by atoms with E-state index in [0.717, 1.165) is 38.5 Å². The van der Waals surface area contributed by atoms with E-state index < -0.39 is 11.9 Å². The number of aliphatic carboxylic acids is 2. The highest BCUT2D eigenvalue weighted by Gasteiger charge is 2.38. The molecule has 6 heteroatoms. The van der Waals surface area contributed by atoms with Crippen molar-refractivity contribution in [3.8, 4) is 0 Å². The van der Waals surface area contributed by atoms with Crippen LogP contribution < -0.4 is 0 Å². The quantitative estimate of drug-likeness (QED) is 0.821. The summed E-state index contributed by atoms with van der Waals surface area (Å²) in [4.78, 5) is 27.7. The molecule has 0 aromatic rings. The van der Waals surface area contributed by atoms with E-state index in [0.29, 0.717) is 12.7 Å². The number of carboxylic acids is 2. The Hall–Kier alpha value is -1.56. The van der Waals surface area contributed by atoms with Crippen molar-refractivity contribution in [1.29, 1.82) is 0 Å². The van der Waals surface area contributed by atoms with Gasteiger partial charge < -0.3 is 15.1 Å². The van der Waals surface area contributed by atoms with Gasteiger partial charge in [-0.25, -0.2) is 9.59 Å². The minimum atomic E-state index is -1.10. The molecule has 2 fully saturated rings. The fourth-order valence-electron chi connectivity index (χ4n) is 4.57. The highest BCUT2D eigenvalue weighted by molar-refractivity contribution is 5.99. The molecular weight excluding hydrogens is 308 g/mol. The van der Waals surface area contributed by atoms with E-state index >= 15 is 0 Å². The fourth-order valence-corrected chi connectivity index (χ4v) is 4.57. The Bertz CT molecular complexity index is 519. The molecule has 0 aromatic carbocycles. The monoisotopic (exact) mass is 336 g/mol. The smallest absolute Gasteiger partial charge is 0.352 e. The van der Waals surface area contributed by atoms with Gasteiger partial charge in [-0.1, -0.05) is 38.5 Å². The molecule has 0 spiro atoms. The lowest BCUT2D eigenvalue weighted by atomic mass is 9.91. The van der Waals surface area contributed by atoms with Crippen molar-refractivity contribution in [3.05, 3.63) is 11.3 Å². The Kier molecular flexibility index (Phi) is 5.43. The van der Waals surface area contributed by atoms with Gasteiger partial charge in [0.25, 0.3) is 0 Å². The van der Waals surface area contributed by atoms with Crippen LogP contribution in [0.2, 0.25) is 0 Å². The maximum atomic E-state index is 11.8. The highest BCUT2D eigenvalue weighted by Crippen LogP contribution is 2.33. The lowest BCUT2D eigenvalue weighted by Gasteiger charge is -2.46. The molecule has 0 bridgehead atoms.